The Balaban J connectivity index is 1.87. The summed E-state index contributed by atoms with van der Waals surface area (Å²) in [6.07, 6.45) is 2.73. The van der Waals surface area contributed by atoms with Crippen LogP contribution in [0.1, 0.15) is 58.6 Å². The topological polar surface area (TPSA) is 76.7 Å². The number of ether oxygens (including phenoxy) is 2. The molecule has 2 N–H and O–H groups in total. The molecule has 1 aliphatic heterocycles. The van der Waals surface area contributed by atoms with Crippen molar-refractivity contribution in [3.8, 4) is 5.75 Å². The number of hydrogen-bond donors (Lipinski definition) is 2. The zero-order valence-corrected chi connectivity index (χ0v) is 17.1. The van der Waals surface area contributed by atoms with E-state index in [0.717, 1.165) is 24.8 Å². The fraction of sp³-hybridized carbons (Fsp3) is 0.545. The molecule has 152 valence electrons. The molecule has 0 bridgehead atoms. The summed E-state index contributed by atoms with van der Waals surface area (Å²) in [6, 6.07) is 6.50. The second-order valence-electron chi connectivity index (χ2n) is 7.84. The first-order chi connectivity index (χ1) is 13.4. The van der Waals surface area contributed by atoms with Gasteiger partial charge in [-0.1, -0.05) is 32.0 Å². The number of para-hydroxylation sites is 1. The Morgan fingerprint density at radius 2 is 1.93 bits per heavy atom. The van der Waals surface area contributed by atoms with Crippen molar-refractivity contribution in [3.05, 3.63) is 41.1 Å². The molecule has 1 fully saturated rings. The minimum atomic E-state index is -0.607. The van der Waals surface area contributed by atoms with E-state index < -0.39 is 6.04 Å². The van der Waals surface area contributed by atoms with Crippen molar-refractivity contribution < 1.29 is 19.1 Å². The van der Waals surface area contributed by atoms with E-state index in [0.29, 0.717) is 35.5 Å². The highest BCUT2D eigenvalue weighted by molar-refractivity contribution is 5.95. The van der Waals surface area contributed by atoms with Crippen LogP contribution >= 0.6 is 0 Å². The van der Waals surface area contributed by atoms with Crippen molar-refractivity contribution in [1.29, 1.82) is 0 Å². The number of nitrogens with one attached hydrogen (secondary N) is 2. The van der Waals surface area contributed by atoms with Gasteiger partial charge in [-0.2, -0.15) is 0 Å². The molecule has 1 saturated carbocycles. The normalized spacial score (nSPS) is 27.6. The van der Waals surface area contributed by atoms with Gasteiger partial charge in [0.25, 0.3) is 0 Å². The van der Waals surface area contributed by atoms with Crippen molar-refractivity contribution in [1.82, 2.24) is 10.6 Å². The Labute approximate surface area is 166 Å². The van der Waals surface area contributed by atoms with E-state index in [1.807, 2.05) is 31.2 Å². The van der Waals surface area contributed by atoms with E-state index in [2.05, 4.69) is 24.5 Å². The van der Waals surface area contributed by atoms with Gasteiger partial charge in [-0.3, -0.25) is 0 Å². The van der Waals surface area contributed by atoms with E-state index in [-0.39, 0.29) is 18.1 Å². The van der Waals surface area contributed by atoms with Gasteiger partial charge in [0, 0.05) is 11.3 Å². The van der Waals surface area contributed by atoms with Crippen molar-refractivity contribution in [3.63, 3.8) is 0 Å². The zero-order valence-electron chi connectivity index (χ0n) is 17.1. The maximum Gasteiger partial charge on any atom is 0.338 e. The molecule has 0 radical (unpaired) electrons. The summed E-state index contributed by atoms with van der Waals surface area (Å²) in [4.78, 5) is 25.2. The Morgan fingerprint density at radius 3 is 2.64 bits per heavy atom. The predicted octanol–water partition coefficient (Wildman–Crippen LogP) is 4.08. The Hall–Kier alpha value is -2.50. The maximum absolute atomic E-state index is 13.1. The number of hydrogen-bond acceptors (Lipinski definition) is 4. The summed E-state index contributed by atoms with van der Waals surface area (Å²) in [6.45, 7) is 8.59. The summed E-state index contributed by atoms with van der Waals surface area (Å²) in [5.41, 5.74) is 1.69. The lowest BCUT2D eigenvalue weighted by Gasteiger charge is -2.34. The zero-order chi connectivity index (χ0) is 20.3. The largest absolute Gasteiger partial charge is 0.494 e. The van der Waals surface area contributed by atoms with E-state index in [9.17, 15) is 9.59 Å². The molecule has 4 atom stereocenters. The molecule has 0 spiro atoms. The van der Waals surface area contributed by atoms with Crippen LogP contribution in [-0.4, -0.2) is 24.7 Å². The minimum absolute atomic E-state index is 0.0839. The van der Waals surface area contributed by atoms with Gasteiger partial charge < -0.3 is 20.1 Å². The van der Waals surface area contributed by atoms with Crippen LogP contribution < -0.4 is 15.4 Å². The highest BCUT2D eigenvalue weighted by Gasteiger charge is 2.36. The van der Waals surface area contributed by atoms with Gasteiger partial charge in [-0.05, 0) is 51.0 Å². The molecule has 1 aromatic carbocycles. The Kier molecular flexibility index (Phi) is 6.27. The highest BCUT2D eigenvalue weighted by atomic mass is 16.5. The van der Waals surface area contributed by atoms with Crippen LogP contribution in [0.5, 0.6) is 5.75 Å². The summed E-state index contributed by atoms with van der Waals surface area (Å²) in [7, 11) is 0. The Morgan fingerprint density at radius 1 is 1.18 bits per heavy atom. The van der Waals surface area contributed by atoms with Crippen molar-refractivity contribution in [2.45, 2.75) is 59.1 Å². The summed E-state index contributed by atoms with van der Waals surface area (Å²) in [5, 5.41) is 5.56. The number of urea groups is 1. The number of carbonyl (C=O) groups excluding carboxylic acids is 2. The quantitative estimate of drug-likeness (QED) is 0.748. The van der Waals surface area contributed by atoms with Crippen LogP contribution in [0.25, 0.3) is 0 Å². The molecule has 2 amide bonds. The van der Waals surface area contributed by atoms with Crippen LogP contribution in [0.4, 0.5) is 4.79 Å². The first-order valence-corrected chi connectivity index (χ1v) is 10.1. The maximum atomic E-state index is 13.1. The van der Waals surface area contributed by atoms with E-state index >= 15 is 0 Å². The molecule has 1 aliphatic carbocycles. The van der Waals surface area contributed by atoms with E-state index in [1.165, 1.54) is 0 Å². The van der Waals surface area contributed by atoms with Crippen LogP contribution in [0, 0.1) is 11.8 Å². The van der Waals surface area contributed by atoms with Gasteiger partial charge >= 0.3 is 12.0 Å². The predicted molar refractivity (Wildman–Crippen MR) is 107 cm³/mol. The van der Waals surface area contributed by atoms with Crippen molar-refractivity contribution in [2.24, 2.45) is 11.8 Å². The molecule has 3 rings (SSSR count). The minimum Gasteiger partial charge on any atom is -0.494 e. The summed E-state index contributed by atoms with van der Waals surface area (Å²) >= 11 is 0. The molecule has 1 heterocycles. The molecule has 6 heteroatoms. The molecule has 0 saturated heterocycles. The lowest BCUT2D eigenvalue weighted by molar-refractivity contribution is -0.147. The van der Waals surface area contributed by atoms with Gasteiger partial charge in [0.2, 0.25) is 0 Å². The molecular weight excluding hydrogens is 356 g/mol. The first-order valence-electron chi connectivity index (χ1n) is 10.1. The third-order valence-electron chi connectivity index (χ3n) is 5.84. The number of allylic oxidation sites excluding steroid dienone is 1. The van der Waals surface area contributed by atoms with Crippen molar-refractivity contribution in [2.75, 3.05) is 6.61 Å². The van der Waals surface area contributed by atoms with Crippen LogP contribution in [0.2, 0.25) is 0 Å². The molecule has 1 aromatic rings. The third kappa shape index (κ3) is 4.32. The van der Waals surface area contributed by atoms with Gasteiger partial charge in [0.1, 0.15) is 11.9 Å². The van der Waals surface area contributed by atoms with E-state index in [1.54, 1.807) is 6.92 Å². The van der Waals surface area contributed by atoms with Crippen LogP contribution in [-0.2, 0) is 9.53 Å². The third-order valence-corrected chi connectivity index (χ3v) is 5.84. The van der Waals surface area contributed by atoms with Crippen LogP contribution in [0.3, 0.4) is 0 Å². The number of amides is 2. The van der Waals surface area contributed by atoms with Crippen LogP contribution in [0.15, 0.2) is 35.5 Å². The molecule has 0 aromatic heterocycles. The second kappa shape index (κ2) is 8.67. The smallest absolute Gasteiger partial charge is 0.338 e. The molecule has 0 unspecified atom stereocenters. The second-order valence-corrected chi connectivity index (χ2v) is 7.84. The van der Waals surface area contributed by atoms with E-state index in [4.69, 9.17) is 9.47 Å². The van der Waals surface area contributed by atoms with Gasteiger partial charge in [0.05, 0.1) is 18.2 Å². The summed E-state index contributed by atoms with van der Waals surface area (Å²) < 4.78 is 11.6. The average molecular weight is 386 g/mol. The number of esters is 1. The van der Waals surface area contributed by atoms with Crippen molar-refractivity contribution >= 4 is 12.0 Å². The van der Waals surface area contributed by atoms with Gasteiger partial charge in [0.15, 0.2) is 0 Å². The van der Waals surface area contributed by atoms with Gasteiger partial charge in [-0.15, -0.1) is 0 Å². The lowest BCUT2D eigenvalue weighted by atomic mass is 9.80. The summed E-state index contributed by atoms with van der Waals surface area (Å²) in [5.74, 6) is 1.45. The molecule has 6 nitrogen and oxygen atoms in total. The fourth-order valence-electron chi connectivity index (χ4n) is 4.02. The number of rotatable bonds is 5. The Bertz CT molecular complexity index is 774. The average Bonchev–Trinajstić information content (AvgIpc) is 2.64. The highest BCUT2D eigenvalue weighted by Crippen LogP contribution is 2.35. The molecule has 28 heavy (non-hydrogen) atoms. The number of benzene rings is 1. The first kappa shape index (κ1) is 20.2. The molecular formula is C22H30N2O4. The fourth-order valence-corrected chi connectivity index (χ4v) is 4.02. The lowest BCUT2D eigenvalue weighted by Crippen LogP contribution is -2.46. The standard InChI is InChI=1S/C22H30N2O4/c1-5-27-18-9-7-6-8-17(18)20-19(15(4)23-22(26)24-20)21(25)28-16-11-10-13(2)14(3)12-16/h6-9,13-14,16,20H,5,10-12H2,1-4H3,(H2,23,24,26)/t13-,14+,16-,20+/m1/s1. The van der Waals surface area contributed by atoms with Gasteiger partial charge in [-0.25, -0.2) is 9.59 Å². The number of carbonyl (C=O) groups is 2. The monoisotopic (exact) mass is 386 g/mol. The molecule has 2 aliphatic rings. The SMILES string of the molecule is CCOc1ccccc1[C@@H]1NC(=O)NC(C)=C1C(=O)O[C@@H]1CC[C@@H](C)[C@@H](C)C1.